The highest BCUT2D eigenvalue weighted by Crippen LogP contribution is 2.43. The summed E-state index contributed by atoms with van der Waals surface area (Å²) in [5, 5.41) is 9.42. The summed E-state index contributed by atoms with van der Waals surface area (Å²) in [5.41, 5.74) is 8.64. The Labute approximate surface area is 271 Å². The van der Waals surface area contributed by atoms with Crippen LogP contribution in [-0.4, -0.2) is 4.57 Å². The lowest BCUT2D eigenvalue weighted by molar-refractivity contribution is 0.672. The second-order valence-electron chi connectivity index (χ2n) is 12.2. The summed E-state index contributed by atoms with van der Waals surface area (Å²) in [5.74, 6) is 0. The molecule has 0 atom stereocenters. The summed E-state index contributed by atoms with van der Waals surface area (Å²) >= 11 is 0. The van der Waals surface area contributed by atoms with Crippen LogP contribution in [0.4, 0.5) is 17.1 Å². The van der Waals surface area contributed by atoms with E-state index in [1.165, 1.54) is 38.0 Å². The van der Waals surface area contributed by atoms with Gasteiger partial charge in [0.2, 0.25) is 0 Å². The van der Waals surface area contributed by atoms with Gasteiger partial charge in [-0.25, -0.2) is 0 Å². The number of hydrogen-bond donors (Lipinski definition) is 0. The lowest BCUT2D eigenvalue weighted by atomic mass is 10.0. The number of fused-ring (bicyclic) bond motifs is 9. The monoisotopic (exact) mass is 600 g/mol. The van der Waals surface area contributed by atoms with Crippen LogP contribution in [0.2, 0.25) is 0 Å². The second-order valence-corrected chi connectivity index (χ2v) is 12.2. The van der Waals surface area contributed by atoms with Gasteiger partial charge in [-0.1, -0.05) is 97.1 Å². The Hall–Kier alpha value is -6.32. The van der Waals surface area contributed by atoms with Crippen molar-refractivity contribution in [2.75, 3.05) is 4.90 Å². The first-order chi connectivity index (χ1) is 23.3. The molecule has 0 spiro atoms. The average molecular weight is 601 g/mol. The molecule has 0 fully saturated rings. The summed E-state index contributed by atoms with van der Waals surface area (Å²) in [4.78, 5) is 2.37. The van der Waals surface area contributed by atoms with E-state index in [0.717, 1.165) is 50.1 Å². The fraction of sp³-hybridized carbons (Fsp3) is 0. The van der Waals surface area contributed by atoms with Crippen LogP contribution in [0, 0.1) is 0 Å². The minimum Gasteiger partial charge on any atom is -0.455 e. The quantitative estimate of drug-likeness (QED) is 0.200. The van der Waals surface area contributed by atoms with E-state index in [2.05, 4.69) is 179 Å². The maximum atomic E-state index is 6.50. The number of benzene rings is 8. The molecule has 0 aliphatic rings. The SMILES string of the molecule is c1ccc(-n2c3ccccc3c3cc(N(c4ccc5ccccc5c4)c4ccc5oc6c7ccccc7ccc6c5c4)ccc32)cc1. The predicted octanol–water partition coefficient (Wildman–Crippen LogP) is 12.5. The van der Waals surface area contributed by atoms with Crippen LogP contribution in [0.25, 0.3) is 71.0 Å². The highest BCUT2D eigenvalue weighted by molar-refractivity contribution is 6.16. The van der Waals surface area contributed by atoms with Gasteiger partial charge >= 0.3 is 0 Å². The zero-order valence-corrected chi connectivity index (χ0v) is 25.5. The molecule has 0 aliphatic carbocycles. The van der Waals surface area contributed by atoms with Gasteiger partial charge in [0.15, 0.2) is 0 Å². The Morgan fingerprint density at radius 3 is 1.87 bits per heavy atom. The van der Waals surface area contributed by atoms with Crippen LogP contribution < -0.4 is 4.90 Å². The topological polar surface area (TPSA) is 21.3 Å². The highest BCUT2D eigenvalue weighted by Gasteiger charge is 2.19. The zero-order valence-electron chi connectivity index (χ0n) is 25.5. The van der Waals surface area contributed by atoms with Crippen molar-refractivity contribution < 1.29 is 4.42 Å². The van der Waals surface area contributed by atoms with Crippen molar-refractivity contribution in [1.29, 1.82) is 0 Å². The number of nitrogens with zero attached hydrogens (tertiary/aromatic N) is 2. The molecule has 10 aromatic rings. The molecule has 0 unspecified atom stereocenters. The first-order valence-electron chi connectivity index (χ1n) is 16.0. The molecule has 0 saturated heterocycles. The van der Waals surface area contributed by atoms with Crippen molar-refractivity contribution in [2.24, 2.45) is 0 Å². The van der Waals surface area contributed by atoms with Gasteiger partial charge in [-0.15, -0.1) is 0 Å². The van der Waals surface area contributed by atoms with E-state index >= 15 is 0 Å². The van der Waals surface area contributed by atoms with Crippen molar-refractivity contribution in [2.45, 2.75) is 0 Å². The van der Waals surface area contributed by atoms with Crippen molar-refractivity contribution in [1.82, 2.24) is 4.57 Å². The van der Waals surface area contributed by atoms with E-state index in [1.54, 1.807) is 0 Å². The van der Waals surface area contributed by atoms with E-state index in [0.29, 0.717) is 0 Å². The number of anilines is 3. The Bertz CT molecular complexity index is 2810. The van der Waals surface area contributed by atoms with E-state index in [-0.39, 0.29) is 0 Å². The lowest BCUT2D eigenvalue weighted by Crippen LogP contribution is -2.10. The molecule has 0 amide bonds. The third-order valence-corrected chi connectivity index (χ3v) is 9.52. The van der Waals surface area contributed by atoms with Gasteiger partial charge in [-0.3, -0.25) is 0 Å². The van der Waals surface area contributed by atoms with Crippen molar-refractivity contribution in [3.8, 4) is 5.69 Å². The number of aromatic nitrogens is 1. The van der Waals surface area contributed by atoms with E-state index in [1.807, 2.05) is 0 Å². The van der Waals surface area contributed by atoms with Gasteiger partial charge in [0.1, 0.15) is 11.2 Å². The first kappa shape index (κ1) is 26.0. The summed E-state index contributed by atoms with van der Waals surface area (Å²) in [6.07, 6.45) is 0. The molecule has 10 rings (SSSR count). The Balaban J connectivity index is 1.23. The number of hydrogen-bond acceptors (Lipinski definition) is 2. The Kier molecular flexibility index (Phi) is 5.57. The van der Waals surface area contributed by atoms with Crippen LogP contribution in [0.15, 0.2) is 174 Å². The molecule has 0 radical (unpaired) electrons. The molecule has 2 aromatic heterocycles. The molecule has 0 N–H and O–H groups in total. The summed E-state index contributed by atoms with van der Waals surface area (Å²) in [6, 6.07) is 60.9. The average Bonchev–Trinajstić information content (AvgIpc) is 3.68. The molecule has 0 saturated carbocycles. The van der Waals surface area contributed by atoms with E-state index in [4.69, 9.17) is 4.42 Å². The van der Waals surface area contributed by atoms with Gasteiger partial charge in [0.25, 0.3) is 0 Å². The molecule has 47 heavy (non-hydrogen) atoms. The maximum absolute atomic E-state index is 6.50. The fourth-order valence-electron chi connectivity index (χ4n) is 7.35. The van der Waals surface area contributed by atoms with Gasteiger partial charge in [0.05, 0.1) is 11.0 Å². The van der Waals surface area contributed by atoms with Gasteiger partial charge < -0.3 is 13.9 Å². The van der Waals surface area contributed by atoms with Crippen LogP contribution in [0.5, 0.6) is 0 Å². The predicted molar refractivity (Wildman–Crippen MR) is 198 cm³/mol. The van der Waals surface area contributed by atoms with E-state index < -0.39 is 0 Å². The number of rotatable bonds is 4. The third kappa shape index (κ3) is 4.00. The van der Waals surface area contributed by atoms with Crippen LogP contribution >= 0.6 is 0 Å². The highest BCUT2D eigenvalue weighted by atomic mass is 16.3. The molecule has 2 heterocycles. The summed E-state index contributed by atoms with van der Waals surface area (Å²) in [6.45, 7) is 0. The zero-order chi connectivity index (χ0) is 30.9. The van der Waals surface area contributed by atoms with Crippen molar-refractivity contribution in [3.63, 3.8) is 0 Å². The minimum atomic E-state index is 0.889. The second kappa shape index (κ2) is 10.1. The van der Waals surface area contributed by atoms with Crippen LogP contribution in [0.3, 0.4) is 0 Å². The number of para-hydroxylation sites is 2. The minimum absolute atomic E-state index is 0.889. The standard InChI is InChI=1S/C44H28N2O/c1-2-13-32(14-3-1)46-41-17-9-8-16-37(41)39-27-34(21-24-42(39)46)45(33-20-18-29-10-4-5-12-31(29)26-33)35-22-25-43-40(28-35)38-23-19-30-11-6-7-15-36(30)44(38)47-43/h1-28H. The molecule has 220 valence electrons. The Morgan fingerprint density at radius 1 is 0.383 bits per heavy atom. The van der Waals surface area contributed by atoms with Crippen molar-refractivity contribution in [3.05, 3.63) is 170 Å². The molecule has 8 aromatic carbocycles. The smallest absolute Gasteiger partial charge is 0.143 e. The molecule has 0 aliphatic heterocycles. The van der Waals surface area contributed by atoms with Gasteiger partial charge in [-0.05, 0) is 89.0 Å². The van der Waals surface area contributed by atoms with Gasteiger partial charge in [0, 0.05) is 49.7 Å². The normalized spacial score (nSPS) is 11.8. The number of furan rings is 1. The summed E-state index contributed by atoms with van der Waals surface area (Å²) in [7, 11) is 0. The lowest BCUT2D eigenvalue weighted by Gasteiger charge is -2.26. The molecule has 0 bridgehead atoms. The first-order valence-corrected chi connectivity index (χ1v) is 16.0. The largest absolute Gasteiger partial charge is 0.455 e. The molecule has 3 nitrogen and oxygen atoms in total. The fourth-order valence-corrected chi connectivity index (χ4v) is 7.35. The maximum Gasteiger partial charge on any atom is 0.143 e. The van der Waals surface area contributed by atoms with Crippen molar-refractivity contribution >= 4 is 82.4 Å². The van der Waals surface area contributed by atoms with Gasteiger partial charge in [-0.2, -0.15) is 0 Å². The molecular weight excluding hydrogens is 572 g/mol. The molecular formula is C44H28N2O. The van der Waals surface area contributed by atoms with Crippen LogP contribution in [-0.2, 0) is 0 Å². The third-order valence-electron chi connectivity index (χ3n) is 9.52. The summed E-state index contributed by atoms with van der Waals surface area (Å²) < 4.78 is 8.86. The Morgan fingerprint density at radius 2 is 1.00 bits per heavy atom. The van der Waals surface area contributed by atoms with E-state index in [9.17, 15) is 0 Å². The molecule has 3 heteroatoms. The van der Waals surface area contributed by atoms with Crippen LogP contribution in [0.1, 0.15) is 0 Å².